The summed E-state index contributed by atoms with van der Waals surface area (Å²) in [6.07, 6.45) is 2.04. The van der Waals surface area contributed by atoms with Crippen molar-refractivity contribution in [1.29, 1.82) is 0 Å². The number of piperidine rings is 1. The van der Waals surface area contributed by atoms with E-state index in [0.717, 1.165) is 19.4 Å². The van der Waals surface area contributed by atoms with Crippen LogP contribution in [0.4, 0.5) is 0 Å². The molecule has 0 aromatic heterocycles. The lowest BCUT2D eigenvalue weighted by molar-refractivity contribution is 0.0698. The highest BCUT2D eigenvalue weighted by Crippen LogP contribution is 2.16. The molecule has 1 unspecified atom stereocenters. The lowest BCUT2D eigenvalue weighted by Gasteiger charge is -2.32. The number of sulfonamides is 1. The maximum absolute atomic E-state index is 12.5. The standard InChI is InChI=1S/C16H25N3O3S/c1-12(2)18-23(21,22)15-8-6-13(7-9-15)16(20)19-10-4-5-14(11-19)17-3/h6-9,12,14,17-18H,4-5,10-11H2,1-3H3. The molecule has 1 aromatic carbocycles. The zero-order valence-corrected chi connectivity index (χ0v) is 14.7. The van der Waals surface area contributed by atoms with Gasteiger partial charge in [0.25, 0.3) is 5.91 Å². The Morgan fingerprint density at radius 2 is 1.91 bits per heavy atom. The minimum atomic E-state index is -3.52. The van der Waals surface area contributed by atoms with Gasteiger partial charge in [0.05, 0.1) is 4.90 Å². The van der Waals surface area contributed by atoms with Gasteiger partial charge < -0.3 is 10.2 Å². The second kappa shape index (κ2) is 7.42. The summed E-state index contributed by atoms with van der Waals surface area (Å²) >= 11 is 0. The fourth-order valence-electron chi connectivity index (χ4n) is 2.73. The summed E-state index contributed by atoms with van der Waals surface area (Å²) in [7, 11) is -1.62. The number of likely N-dealkylation sites (tertiary alicyclic amines) is 1. The summed E-state index contributed by atoms with van der Waals surface area (Å²) in [5.41, 5.74) is 0.519. The molecule has 0 saturated carbocycles. The number of likely N-dealkylation sites (N-methyl/N-ethyl adjacent to an activating group) is 1. The number of hydrogen-bond acceptors (Lipinski definition) is 4. The predicted octanol–water partition coefficient (Wildman–Crippen LogP) is 1.20. The maximum Gasteiger partial charge on any atom is 0.253 e. The van der Waals surface area contributed by atoms with Crippen molar-refractivity contribution < 1.29 is 13.2 Å². The van der Waals surface area contributed by atoms with E-state index in [9.17, 15) is 13.2 Å². The highest BCUT2D eigenvalue weighted by atomic mass is 32.2. The Morgan fingerprint density at radius 3 is 2.48 bits per heavy atom. The number of nitrogens with zero attached hydrogens (tertiary/aromatic N) is 1. The number of hydrogen-bond donors (Lipinski definition) is 2. The summed E-state index contributed by atoms with van der Waals surface area (Å²) < 4.78 is 26.7. The van der Waals surface area contributed by atoms with Gasteiger partial charge in [-0.3, -0.25) is 4.79 Å². The van der Waals surface area contributed by atoms with Gasteiger partial charge in [-0.25, -0.2) is 13.1 Å². The van der Waals surface area contributed by atoms with Gasteiger partial charge in [-0.15, -0.1) is 0 Å². The van der Waals surface area contributed by atoms with E-state index < -0.39 is 10.0 Å². The van der Waals surface area contributed by atoms with E-state index in [1.54, 1.807) is 26.0 Å². The van der Waals surface area contributed by atoms with Crippen molar-refractivity contribution in [3.8, 4) is 0 Å². The average Bonchev–Trinajstić information content (AvgIpc) is 2.53. The fraction of sp³-hybridized carbons (Fsp3) is 0.562. The molecule has 2 rings (SSSR count). The first-order valence-electron chi connectivity index (χ1n) is 7.92. The Labute approximate surface area is 138 Å². The number of benzene rings is 1. The van der Waals surface area contributed by atoms with Gasteiger partial charge in [-0.1, -0.05) is 0 Å². The highest BCUT2D eigenvalue weighted by molar-refractivity contribution is 7.89. The average molecular weight is 339 g/mol. The molecule has 6 nitrogen and oxygen atoms in total. The zero-order chi connectivity index (χ0) is 17.0. The van der Waals surface area contributed by atoms with Crippen LogP contribution < -0.4 is 10.0 Å². The molecular weight excluding hydrogens is 314 g/mol. The van der Waals surface area contributed by atoms with E-state index in [1.807, 2.05) is 11.9 Å². The van der Waals surface area contributed by atoms with Gasteiger partial charge >= 0.3 is 0 Å². The van der Waals surface area contributed by atoms with Crippen LogP contribution in [0.15, 0.2) is 29.2 Å². The first-order chi connectivity index (χ1) is 10.8. The quantitative estimate of drug-likeness (QED) is 0.845. The van der Waals surface area contributed by atoms with Crippen LogP contribution >= 0.6 is 0 Å². The fourth-order valence-corrected chi connectivity index (χ4v) is 3.99. The Bertz CT molecular complexity index is 641. The van der Waals surface area contributed by atoms with Gasteiger partial charge in [0.2, 0.25) is 10.0 Å². The van der Waals surface area contributed by atoms with Crippen molar-refractivity contribution in [2.24, 2.45) is 0 Å². The van der Waals surface area contributed by atoms with Crippen LogP contribution in [0.25, 0.3) is 0 Å². The first-order valence-corrected chi connectivity index (χ1v) is 9.40. The SMILES string of the molecule is CNC1CCCN(C(=O)c2ccc(S(=O)(=O)NC(C)C)cc2)C1. The number of amides is 1. The van der Waals surface area contributed by atoms with Gasteiger partial charge in [-0.2, -0.15) is 0 Å². The molecule has 1 amide bonds. The molecular formula is C16H25N3O3S. The van der Waals surface area contributed by atoms with Crippen LogP contribution in [0.5, 0.6) is 0 Å². The first kappa shape index (κ1) is 17.9. The second-order valence-electron chi connectivity index (χ2n) is 6.18. The summed E-state index contributed by atoms with van der Waals surface area (Å²) in [5.74, 6) is -0.0503. The van der Waals surface area contributed by atoms with Crippen LogP contribution in [-0.2, 0) is 10.0 Å². The van der Waals surface area contributed by atoms with Gasteiger partial charge in [-0.05, 0) is 58.0 Å². The Hall–Kier alpha value is -1.44. The maximum atomic E-state index is 12.5. The third kappa shape index (κ3) is 4.53. The normalized spacial score (nSPS) is 19.1. The molecule has 1 aromatic rings. The van der Waals surface area contributed by atoms with Crippen molar-refractivity contribution in [3.05, 3.63) is 29.8 Å². The van der Waals surface area contributed by atoms with Crippen LogP contribution in [0.2, 0.25) is 0 Å². The molecule has 0 radical (unpaired) electrons. The monoisotopic (exact) mass is 339 g/mol. The molecule has 1 aliphatic heterocycles. The molecule has 0 bridgehead atoms. The van der Waals surface area contributed by atoms with Crippen molar-refractivity contribution >= 4 is 15.9 Å². The molecule has 0 aliphatic carbocycles. The molecule has 1 saturated heterocycles. The highest BCUT2D eigenvalue weighted by Gasteiger charge is 2.24. The predicted molar refractivity (Wildman–Crippen MR) is 89.9 cm³/mol. The summed E-state index contributed by atoms with van der Waals surface area (Å²) in [6.45, 7) is 4.96. The molecule has 1 aliphatic rings. The van der Waals surface area contributed by atoms with Crippen molar-refractivity contribution in [3.63, 3.8) is 0 Å². The van der Waals surface area contributed by atoms with E-state index in [4.69, 9.17) is 0 Å². The lowest BCUT2D eigenvalue weighted by Crippen LogP contribution is -2.46. The van der Waals surface area contributed by atoms with Crippen molar-refractivity contribution in [2.75, 3.05) is 20.1 Å². The molecule has 128 valence electrons. The van der Waals surface area contributed by atoms with Gasteiger partial charge in [0.15, 0.2) is 0 Å². The van der Waals surface area contributed by atoms with Crippen molar-refractivity contribution in [2.45, 2.75) is 43.7 Å². The van der Waals surface area contributed by atoms with Crippen LogP contribution in [0.3, 0.4) is 0 Å². The minimum absolute atomic E-state index is 0.0503. The Kier molecular flexibility index (Phi) is 5.78. The molecule has 1 atom stereocenters. The van der Waals surface area contributed by atoms with E-state index >= 15 is 0 Å². The Balaban J connectivity index is 2.11. The summed E-state index contributed by atoms with van der Waals surface area (Å²) in [6, 6.07) is 6.28. The number of carbonyl (C=O) groups excluding carboxylic acids is 1. The molecule has 1 fully saturated rings. The van der Waals surface area contributed by atoms with Crippen LogP contribution in [0, 0.1) is 0 Å². The van der Waals surface area contributed by atoms with Crippen LogP contribution in [0.1, 0.15) is 37.0 Å². The third-order valence-electron chi connectivity index (χ3n) is 3.92. The zero-order valence-electron chi connectivity index (χ0n) is 13.9. The minimum Gasteiger partial charge on any atom is -0.337 e. The van der Waals surface area contributed by atoms with E-state index in [1.165, 1.54) is 12.1 Å². The van der Waals surface area contributed by atoms with Crippen molar-refractivity contribution in [1.82, 2.24) is 14.9 Å². The molecule has 2 N–H and O–H groups in total. The third-order valence-corrected chi connectivity index (χ3v) is 5.59. The van der Waals surface area contributed by atoms with E-state index in [-0.39, 0.29) is 16.8 Å². The van der Waals surface area contributed by atoms with E-state index in [2.05, 4.69) is 10.0 Å². The molecule has 23 heavy (non-hydrogen) atoms. The lowest BCUT2D eigenvalue weighted by atomic mass is 10.0. The van der Waals surface area contributed by atoms with Gasteiger partial charge in [0, 0.05) is 30.7 Å². The van der Waals surface area contributed by atoms with E-state index in [0.29, 0.717) is 18.2 Å². The second-order valence-corrected chi connectivity index (χ2v) is 7.89. The largest absolute Gasteiger partial charge is 0.337 e. The van der Waals surface area contributed by atoms with Crippen LogP contribution in [-0.4, -0.2) is 51.4 Å². The molecule has 1 heterocycles. The summed E-state index contributed by atoms with van der Waals surface area (Å²) in [4.78, 5) is 14.5. The Morgan fingerprint density at radius 1 is 1.26 bits per heavy atom. The number of rotatable bonds is 5. The summed E-state index contributed by atoms with van der Waals surface area (Å²) in [5, 5.41) is 3.21. The van der Waals surface area contributed by atoms with Gasteiger partial charge in [0.1, 0.15) is 0 Å². The number of carbonyl (C=O) groups is 1. The topological polar surface area (TPSA) is 78.5 Å². The molecule has 7 heteroatoms. The smallest absolute Gasteiger partial charge is 0.253 e. The molecule has 0 spiro atoms. The number of nitrogens with one attached hydrogen (secondary N) is 2.